The zero-order valence-corrected chi connectivity index (χ0v) is 12.8. The van der Waals surface area contributed by atoms with Crippen molar-refractivity contribution in [2.75, 3.05) is 5.32 Å². The molecular formula is C18H22N2O. The van der Waals surface area contributed by atoms with Gasteiger partial charge >= 0.3 is 6.03 Å². The Labute approximate surface area is 126 Å². The molecular weight excluding hydrogens is 260 g/mol. The fourth-order valence-electron chi connectivity index (χ4n) is 2.19. The molecule has 2 amide bonds. The van der Waals surface area contributed by atoms with Gasteiger partial charge in [0.05, 0.1) is 0 Å². The van der Waals surface area contributed by atoms with Crippen molar-refractivity contribution in [3.63, 3.8) is 0 Å². The minimum Gasteiger partial charge on any atom is -0.318 e. The van der Waals surface area contributed by atoms with Crippen molar-refractivity contribution in [3.05, 3.63) is 65.7 Å². The molecule has 2 aromatic carbocycles. The summed E-state index contributed by atoms with van der Waals surface area (Å²) in [6.45, 7) is 6.67. The van der Waals surface area contributed by atoms with E-state index >= 15 is 0 Å². The summed E-state index contributed by atoms with van der Waals surface area (Å²) >= 11 is 0. The van der Waals surface area contributed by atoms with Crippen molar-refractivity contribution >= 4 is 11.7 Å². The number of anilines is 1. The van der Waals surface area contributed by atoms with Crippen LogP contribution < -0.4 is 5.32 Å². The Morgan fingerprint density at radius 2 is 1.81 bits per heavy atom. The lowest BCUT2D eigenvalue weighted by molar-refractivity contribution is 0.193. The molecule has 1 N–H and O–H groups in total. The van der Waals surface area contributed by atoms with Crippen LogP contribution in [0, 0.1) is 6.92 Å². The lowest BCUT2D eigenvalue weighted by Crippen LogP contribution is -2.39. The van der Waals surface area contributed by atoms with Gasteiger partial charge in [-0.2, -0.15) is 0 Å². The van der Waals surface area contributed by atoms with Crippen LogP contribution in [0.5, 0.6) is 0 Å². The Morgan fingerprint density at radius 1 is 1.10 bits per heavy atom. The predicted molar refractivity (Wildman–Crippen MR) is 87.3 cm³/mol. The third kappa shape index (κ3) is 4.35. The highest BCUT2D eigenvalue weighted by molar-refractivity contribution is 5.89. The van der Waals surface area contributed by atoms with Gasteiger partial charge in [0.15, 0.2) is 0 Å². The molecule has 0 aliphatic rings. The van der Waals surface area contributed by atoms with E-state index in [1.54, 1.807) is 0 Å². The second-order valence-corrected chi connectivity index (χ2v) is 5.51. The quantitative estimate of drug-likeness (QED) is 0.883. The van der Waals surface area contributed by atoms with E-state index in [-0.39, 0.29) is 12.1 Å². The second kappa shape index (κ2) is 6.93. The van der Waals surface area contributed by atoms with Crippen LogP contribution in [0.3, 0.4) is 0 Å². The summed E-state index contributed by atoms with van der Waals surface area (Å²) in [5, 5.41) is 2.97. The molecule has 0 saturated heterocycles. The van der Waals surface area contributed by atoms with Gasteiger partial charge in [0.2, 0.25) is 0 Å². The maximum atomic E-state index is 12.5. The lowest BCUT2D eigenvalue weighted by Gasteiger charge is -2.27. The molecule has 2 aromatic rings. The Kier molecular flexibility index (Phi) is 4.99. The first-order valence-electron chi connectivity index (χ1n) is 7.24. The summed E-state index contributed by atoms with van der Waals surface area (Å²) in [4.78, 5) is 14.3. The average Bonchev–Trinajstić information content (AvgIpc) is 2.45. The van der Waals surface area contributed by atoms with Crippen LogP contribution in [0.25, 0.3) is 0 Å². The molecule has 0 radical (unpaired) electrons. The first-order valence-corrected chi connectivity index (χ1v) is 7.24. The summed E-state index contributed by atoms with van der Waals surface area (Å²) in [6, 6.07) is 17.9. The second-order valence-electron chi connectivity index (χ2n) is 5.51. The van der Waals surface area contributed by atoms with Crippen molar-refractivity contribution in [2.45, 2.75) is 33.4 Å². The van der Waals surface area contributed by atoms with Gasteiger partial charge in [-0.3, -0.25) is 0 Å². The predicted octanol–water partition coefficient (Wildman–Crippen LogP) is 4.44. The summed E-state index contributed by atoms with van der Waals surface area (Å²) in [6.07, 6.45) is 0. The summed E-state index contributed by atoms with van der Waals surface area (Å²) in [5.74, 6) is 0. The van der Waals surface area contributed by atoms with Crippen LogP contribution in [-0.2, 0) is 6.54 Å². The van der Waals surface area contributed by atoms with E-state index < -0.39 is 0 Å². The monoisotopic (exact) mass is 282 g/mol. The number of aryl methyl sites for hydroxylation is 1. The average molecular weight is 282 g/mol. The van der Waals surface area contributed by atoms with E-state index in [2.05, 4.69) is 5.32 Å². The largest absolute Gasteiger partial charge is 0.322 e. The van der Waals surface area contributed by atoms with Crippen molar-refractivity contribution in [1.82, 2.24) is 4.90 Å². The number of amides is 2. The number of hydrogen-bond acceptors (Lipinski definition) is 1. The molecule has 3 nitrogen and oxygen atoms in total. The summed E-state index contributed by atoms with van der Waals surface area (Å²) < 4.78 is 0. The van der Waals surface area contributed by atoms with Crippen LogP contribution in [0.1, 0.15) is 25.0 Å². The number of carbonyl (C=O) groups is 1. The Balaban J connectivity index is 2.09. The molecule has 0 aromatic heterocycles. The van der Waals surface area contributed by atoms with Gasteiger partial charge in [0, 0.05) is 18.3 Å². The van der Waals surface area contributed by atoms with Crippen molar-refractivity contribution < 1.29 is 4.79 Å². The zero-order valence-electron chi connectivity index (χ0n) is 12.8. The maximum Gasteiger partial charge on any atom is 0.322 e. The molecule has 3 heteroatoms. The molecule has 0 saturated carbocycles. The molecule has 0 aliphatic heterocycles. The standard InChI is InChI=1S/C18H22N2O/c1-14(2)20(13-16-9-5-4-6-10-16)18(21)19-17-11-7-8-15(3)12-17/h4-12,14H,13H2,1-3H3,(H,19,21). The molecule has 2 rings (SSSR count). The van der Waals surface area contributed by atoms with Crippen molar-refractivity contribution in [1.29, 1.82) is 0 Å². The molecule has 0 spiro atoms. The van der Waals surface area contributed by atoms with Crippen molar-refractivity contribution in [2.24, 2.45) is 0 Å². The minimum atomic E-state index is -0.0700. The maximum absolute atomic E-state index is 12.5. The van der Waals surface area contributed by atoms with Gasteiger partial charge in [-0.05, 0) is 44.0 Å². The van der Waals surface area contributed by atoms with Gasteiger partial charge < -0.3 is 10.2 Å². The Bertz CT molecular complexity index is 593. The summed E-state index contributed by atoms with van der Waals surface area (Å²) in [5.41, 5.74) is 3.09. The molecule has 0 heterocycles. The van der Waals surface area contributed by atoms with Crippen molar-refractivity contribution in [3.8, 4) is 0 Å². The van der Waals surface area contributed by atoms with Crippen LogP contribution in [0.2, 0.25) is 0 Å². The molecule has 110 valence electrons. The molecule has 0 unspecified atom stereocenters. The minimum absolute atomic E-state index is 0.0700. The number of hydrogen-bond donors (Lipinski definition) is 1. The summed E-state index contributed by atoms with van der Waals surface area (Å²) in [7, 11) is 0. The van der Waals surface area contributed by atoms with Crippen LogP contribution in [0.4, 0.5) is 10.5 Å². The van der Waals surface area contributed by atoms with E-state index in [4.69, 9.17) is 0 Å². The molecule has 0 atom stereocenters. The zero-order chi connectivity index (χ0) is 15.2. The Morgan fingerprint density at radius 3 is 2.43 bits per heavy atom. The highest BCUT2D eigenvalue weighted by Crippen LogP contribution is 2.14. The smallest absolute Gasteiger partial charge is 0.318 e. The number of urea groups is 1. The third-order valence-corrected chi connectivity index (χ3v) is 3.35. The van der Waals surface area contributed by atoms with Gasteiger partial charge in [0.25, 0.3) is 0 Å². The number of rotatable bonds is 4. The highest BCUT2D eigenvalue weighted by Gasteiger charge is 2.17. The van der Waals surface area contributed by atoms with E-state index in [0.717, 1.165) is 16.8 Å². The number of carbonyl (C=O) groups excluding carboxylic acids is 1. The number of benzene rings is 2. The molecule has 0 fully saturated rings. The van der Waals surface area contributed by atoms with Gasteiger partial charge in [0.1, 0.15) is 0 Å². The van der Waals surface area contributed by atoms with Crippen LogP contribution in [0.15, 0.2) is 54.6 Å². The van der Waals surface area contributed by atoms with E-state index in [0.29, 0.717) is 6.54 Å². The highest BCUT2D eigenvalue weighted by atomic mass is 16.2. The first-order chi connectivity index (χ1) is 10.1. The molecule has 0 bridgehead atoms. The Hall–Kier alpha value is -2.29. The molecule has 21 heavy (non-hydrogen) atoms. The third-order valence-electron chi connectivity index (χ3n) is 3.35. The molecule has 0 aliphatic carbocycles. The fraction of sp³-hybridized carbons (Fsp3) is 0.278. The topological polar surface area (TPSA) is 32.3 Å². The van der Waals surface area contributed by atoms with E-state index in [1.807, 2.05) is 80.3 Å². The van der Waals surface area contributed by atoms with Gasteiger partial charge in [-0.25, -0.2) is 4.79 Å². The SMILES string of the molecule is Cc1cccc(NC(=O)N(Cc2ccccc2)C(C)C)c1. The van der Waals surface area contributed by atoms with Crippen LogP contribution >= 0.6 is 0 Å². The lowest BCUT2D eigenvalue weighted by atomic mass is 10.2. The van der Waals surface area contributed by atoms with Crippen LogP contribution in [-0.4, -0.2) is 17.0 Å². The normalized spacial score (nSPS) is 10.5. The van der Waals surface area contributed by atoms with Gasteiger partial charge in [-0.1, -0.05) is 42.5 Å². The number of nitrogens with one attached hydrogen (secondary N) is 1. The van der Waals surface area contributed by atoms with Gasteiger partial charge in [-0.15, -0.1) is 0 Å². The number of nitrogens with zero attached hydrogens (tertiary/aromatic N) is 1. The fourth-order valence-corrected chi connectivity index (χ4v) is 2.19. The van der Waals surface area contributed by atoms with E-state index in [9.17, 15) is 4.79 Å². The van der Waals surface area contributed by atoms with E-state index in [1.165, 1.54) is 0 Å². The first kappa shape index (κ1) is 15.1.